The Morgan fingerprint density at radius 3 is 2.63 bits per heavy atom. The molecule has 0 fully saturated rings. The van der Waals surface area contributed by atoms with Gasteiger partial charge in [-0.25, -0.2) is 18.6 Å². The average molecular weight is 283 g/mol. The van der Waals surface area contributed by atoms with Gasteiger partial charge >= 0.3 is 5.97 Å². The summed E-state index contributed by atoms with van der Waals surface area (Å²) < 4.78 is 25.9. The molecule has 2 aromatic rings. The van der Waals surface area contributed by atoms with Gasteiger partial charge in [-0.3, -0.25) is 0 Å². The highest BCUT2D eigenvalue weighted by molar-refractivity contribution is 7.13. The molecule has 1 N–H and O–H groups in total. The smallest absolute Gasteiger partial charge is 0.347 e. The molecule has 19 heavy (non-hydrogen) atoms. The van der Waals surface area contributed by atoms with Gasteiger partial charge in [0.2, 0.25) is 0 Å². The molecule has 1 aromatic carbocycles. The highest BCUT2D eigenvalue weighted by Crippen LogP contribution is 2.22. The third-order valence-electron chi connectivity index (χ3n) is 2.61. The molecule has 0 saturated carbocycles. The Bertz CT molecular complexity index is 625. The summed E-state index contributed by atoms with van der Waals surface area (Å²) in [6.07, 6.45) is 0.818. The molecule has 0 bridgehead atoms. The lowest BCUT2D eigenvalue weighted by molar-refractivity contribution is 0.0701. The standard InChI is InChI=1S/C13H11F2NO2S/c1-2-10-12(13(17)18)19-11(16-10)6-7-3-4-8(14)9(15)5-7/h3-5H,2,6H2,1H3,(H,17,18). The van der Waals surface area contributed by atoms with Crippen LogP contribution in [0, 0.1) is 11.6 Å². The van der Waals surface area contributed by atoms with Crippen molar-refractivity contribution in [1.82, 2.24) is 4.98 Å². The topological polar surface area (TPSA) is 50.2 Å². The van der Waals surface area contributed by atoms with Crippen LogP contribution in [0.2, 0.25) is 0 Å². The van der Waals surface area contributed by atoms with Crippen molar-refractivity contribution in [2.45, 2.75) is 19.8 Å². The fourth-order valence-electron chi connectivity index (χ4n) is 1.71. The second-order valence-corrected chi connectivity index (χ2v) is 5.05. The van der Waals surface area contributed by atoms with E-state index in [-0.39, 0.29) is 4.88 Å². The van der Waals surface area contributed by atoms with E-state index in [1.165, 1.54) is 6.07 Å². The molecular formula is C13H11F2NO2S. The number of aromatic nitrogens is 1. The van der Waals surface area contributed by atoms with Crippen LogP contribution in [0.4, 0.5) is 8.78 Å². The molecule has 0 spiro atoms. The van der Waals surface area contributed by atoms with Gasteiger partial charge in [0.15, 0.2) is 11.6 Å². The Hall–Kier alpha value is -1.82. The average Bonchev–Trinajstić information content (AvgIpc) is 2.77. The second-order valence-electron chi connectivity index (χ2n) is 3.97. The third kappa shape index (κ3) is 2.96. The van der Waals surface area contributed by atoms with Gasteiger partial charge in [-0.2, -0.15) is 0 Å². The molecule has 1 aromatic heterocycles. The van der Waals surface area contributed by atoms with E-state index in [0.29, 0.717) is 29.1 Å². The summed E-state index contributed by atoms with van der Waals surface area (Å²) in [4.78, 5) is 15.4. The largest absolute Gasteiger partial charge is 0.477 e. The fourth-order valence-corrected chi connectivity index (χ4v) is 2.73. The first-order chi connectivity index (χ1) is 9.01. The van der Waals surface area contributed by atoms with E-state index in [1.54, 1.807) is 0 Å². The summed E-state index contributed by atoms with van der Waals surface area (Å²) in [6, 6.07) is 3.62. The fraction of sp³-hybridized carbons (Fsp3) is 0.231. The first kappa shape index (κ1) is 13.6. The van der Waals surface area contributed by atoms with Crippen LogP contribution in [-0.4, -0.2) is 16.1 Å². The van der Waals surface area contributed by atoms with Gasteiger partial charge in [-0.05, 0) is 24.1 Å². The van der Waals surface area contributed by atoms with E-state index in [0.717, 1.165) is 23.5 Å². The number of carboxylic acid groups (broad SMARTS) is 1. The lowest BCUT2D eigenvalue weighted by atomic mass is 10.1. The molecule has 0 aliphatic carbocycles. The molecule has 0 amide bonds. The van der Waals surface area contributed by atoms with Crippen LogP contribution >= 0.6 is 11.3 Å². The first-order valence-corrected chi connectivity index (χ1v) is 6.48. The second kappa shape index (κ2) is 5.44. The van der Waals surface area contributed by atoms with Crippen molar-refractivity contribution in [3.05, 3.63) is 51.0 Å². The molecule has 0 atom stereocenters. The van der Waals surface area contributed by atoms with Crippen molar-refractivity contribution in [3.8, 4) is 0 Å². The molecule has 0 saturated heterocycles. The molecular weight excluding hydrogens is 272 g/mol. The van der Waals surface area contributed by atoms with Crippen LogP contribution in [0.25, 0.3) is 0 Å². The van der Waals surface area contributed by atoms with E-state index in [1.807, 2.05) is 6.92 Å². The van der Waals surface area contributed by atoms with Gasteiger partial charge in [0.25, 0.3) is 0 Å². The molecule has 0 unspecified atom stereocenters. The molecule has 3 nitrogen and oxygen atoms in total. The van der Waals surface area contributed by atoms with Gasteiger partial charge in [-0.1, -0.05) is 13.0 Å². The number of halogens is 2. The zero-order valence-corrected chi connectivity index (χ0v) is 10.9. The van der Waals surface area contributed by atoms with Crippen molar-refractivity contribution < 1.29 is 18.7 Å². The van der Waals surface area contributed by atoms with E-state index >= 15 is 0 Å². The number of thiazole rings is 1. The van der Waals surface area contributed by atoms with Crippen molar-refractivity contribution in [1.29, 1.82) is 0 Å². The maximum atomic E-state index is 13.1. The zero-order chi connectivity index (χ0) is 14.0. The summed E-state index contributed by atoms with van der Waals surface area (Å²) in [6.45, 7) is 1.82. The summed E-state index contributed by atoms with van der Waals surface area (Å²) >= 11 is 1.07. The molecule has 2 rings (SSSR count). The summed E-state index contributed by atoms with van der Waals surface area (Å²) in [5.41, 5.74) is 1.09. The first-order valence-electron chi connectivity index (χ1n) is 5.67. The molecule has 1 heterocycles. The number of hydrogen-bond acceptors (Lipinski definition) is 3. The SMILES string of the molecule is CCc1nc(Cc2ccc(F)c(F)c2)sc1C(=O)O. The van der Waals surface area contributed by atoms with Gasteiger partial charge < -0.3 is 5.11 Å². The minimum Gasteiger partial charge on any atom is -0.477 e. The maximum absolute atomic E-state index is 13.1. The molecule has 0 radical (unpaired) electrons. The number of carbonyl (C=O) groups is 1. The molecule has 100 valence electrons. The highest BCUT2D eigenvalue weighted by atomic mass is 32.1. The zero-order valence-electron chi connectivity index (χ0n) is 10.1. The van der Waals surface area contributed by atoms with Crippen molar-refractivity contribution >= 4 is 17.3 Å². The van der Waals surface area contributed by atoms with Gasteiger partial charge in [0.1, 0.15) is 4.88 Å². The van der Waals surface area contributed by atoms with Crippen molar-refractivity contribution in [2.75, 3.05) is 0 Å². The Morgan fingerprint density at radius 1 is 1.37 bits per heavy atom. The van der Waals surface area contributed by atoms with Crippen LogP contribution in [0.15, 0.2) is 18.2 Å². The Kier molecular flexibility index (Phi) is 3.90. The molecule has 0 aliphatic heterocycles. The van der Waals surface area contributed by atoms with Crippen molar-refractivity contribution in [2.24, 2.45) is 0 Å². The van der Waals surface area contributed by atoms with E-state index in [4.69, 9.17) is 5.11 Å². The number of aryl methyl sites for hydroxylation is 1. The number of hydrogen-bond donors (Lipinski definition) is 1. The van der Waals surface area contributed by atoms with E-state index in [9.17, 15) is 13.6 Å². The van der Waals surface area contributed by atoms with Gasteiger partial charge in [0.05, 0.1) is 10.7 Å². The van der Waals surface area contributed by atoms with Gasteiger partial charge in [-0.15, -0.1) is 11.3 Å². The molecule has 0 aliphatic rings. The number of rotatable bonds is 4. The van der Waals surface area contributed by atoms with Crippen LogP contribution in [0.1, 0.15) is 32.9 Å². The summed E-state index contributed by atoms with van der Waals surface area (Å²) in [5, 5.41) is 9.60. The summed E-state index contributed by atoms with van der Waals surface area (Å²) in [7, 11) is 0. The highest BCUT2D eigenvalue weighted by Gasteiger charge is 2.16. The number of benzene rings is 1. The molecule has 6 heteroatoms. The predicted octanol–water partition coefficient (Wildman–Crippen LogP) is 3.27. The van der Waals surface area contributed by atoms with Crippen LogP contribution < -0.4 is 0 Å². The van der Waals surface area contributed by atoms with Crippen LogP contribution in [0.5, 0.6) is 0 Å². The minimum absolute atomic E-state index is 0.208. The lowest BCUT2D eigenvalue weighted by Gasteiger charge is -1.99. The van der Waals surface area contributed by atoms with Crippen LogP contribution in [-0.2, 0) is 12.8 Å². The van der Waals surface area contributed by atoms with E-state index in [2.05, 4.69) is 4.98 Å². The Morgan fingerprint density at radius 2 is 2.11 bits per heavy atom. The van der Waals surface area contributed by atoms with Crippen LogP contribution in [0.3, 0.4) is 0 Å². The summed E-state index contributed by atoms with van der Waals surface area (Å²) in [5.74, 6) is -2.82. The number of carboxylic acids is 1. The van der Waals surface area contributed by atoms with E-state index < -0.39 is 17.6 Å². The number of aromatic carboxylic acids is 1. The quantitative estimate of drug-likeness (QED) is 0.936. The van der Waals surface area contributed by atoms with Gasteiger partial charge in [0, 0.05) is 6.42 Å². The number of nitrogens with zero attached hydrogens (tertiary/aromatic N) is 1. The Balaban J connectivity index is 2.28. The Labute approximate surface area is 112 Å². The third-order valence-corrected chi connectivity index (χ3v) is 3.70. The lowest BCUT2D eigenvalue weighted by Crippen LogP contribution is -1.97. The minimum atomic E-state index is -1.01. The van der Waals surface area contributed by atoms with Crippen molar-refractivity contribution in [3.63, 3.8) is 0 Å². The normalized spacial score (nSPS) is 10.7. The predicted molar refractivity (Wildman–Crippen MR) is 67.6 cm³/mol. The monoisotopic (exact) mass is 283 g/mol. The maximum Gasteiger partial charge on any atom is 0.347 e.